The van der Waals surface area contributed by atoms with Crippen LogP contribution in [0.3, 0.4) is 0 Å². The second kappa shape index (κ2) is 7.61. The van der Waals surface area contributed by atoms with E-state index in [9.17, 15) is 13.2 Å². The summed E-state index contributed by atoms with van der Waals surface area (Å²) in [6.07, 6.45) is 2.90. The average Bonchev–Trinajstić information content (AvgIpc) is 3.31. The zero-order chi connectivity index (χ0) is 19.4. The predicted octanol–water partition coefficient (Wildman–Crippen LogP) is 2.45. The van der Waals surface area contributed by atoms with Crippen LogP contribution >= 0.6 is 11.3 Å². The molecule has 0 radical (unpaired) electrons. The van der Waals surface area contributed by atoms with Crippen LogP contribution in [0.25, 0.3) is 0 Å². The quantitative estimate of drug-likeness (QED) is 0.634. The van der Waals surface area contributed by atoms with E-state index in [4.69, 9.17) is 5.26 Å². The highest BCUT2D eigenvalue weighted by Gasteiger charge is 2.25. The lowest BCUT2D eigenvalue weighted by Crippen LogP contribution is -2.15. The number of nitrogens with zero attached hydrogens (tertiary/aromatic N) is 3. The maximum Gasteiger partial charge on any atom is 0.349 e. The van der Waals surface area contributed by atoms with Crippen LogP contribution in [0.15, 0.2) is 53.0 Å². The van der Waals surface area contributed by atoms with E-state index in [1.54, 1.807) is 22.9 Å². The Bertz CT molecular complexity index is 1130. The van der Waals surface area contributed by atoms with Crippen LogP contribution < -0.4 is 4.72 Å². The van der Waals surface area contributed by atoms with Gasteiger partial charge in [-0.1, -0.05) is 12.1 Å². The highest BCUT2D eigenvalue weighted by atomic mass is 32.2. The van der Waals surface area contributed by atoms with E-state index in [-0.39, 0.29) is 15.5 Å². The number of thiophene rings is 1. The number of carbonyl (C=O) groups excluding carboxylic acids is 1. The van der Waals surface area contributed by atoms with Crippen molar-refractivity contribution in [2.75, 3.05) is 11.8 Å². The van der Waals surface area contributed by atoms with Gasteiger partial charge in [-0.2, -0.15) is 10.4 Å². The SMILES string of the molecule is COC(=O)c1sccc1S(=O)(=O)Nc1cnn(Cc2cccc(C#N)c2)c1. The summed E-state index contributed by atoms with van der Waals surface area (Å²) < 4.78 is 33.7. The minimum absolute atomic E-state index is 0.00529. The Balaban J connectivity index is 1.78. The fraction of sp³-hybridized carbons (Fsp3) is 0.118. The fourth-order valence-corrected chi connectivity index (χ4v) is 4.75. The maximum absolute atomic E-state index is 12.6. The molecule has 0 aliphatic heterocycles. The third-order valence-corrected chi connectivity index (χ3v) is 6.02. The number of sulfonamides is 1. The van der Waals surface area contributed by atoms with E-state index in [1.165, 1.54) is 30.9 Å². The summed E-state index contributed by atoms with van der Waals surface area (Å²) in [6, 6.07) is 10.5. The lowest BCUT2D eigenvalue weighted by Gasteiger charge is -2.06. The molecule has 0 atom stereocenters. The van der Waals surface area contributed by atoms with Crippen molar-refractivity contribution in [2.24, 2.45) is 0 Å². The molecule has 8 nitrogen and oxygen atoms in total. The van der Waals surface area contributed by atoms with E-state index < -0.39 is 16.0 Å². The molecule has 2 aromatic heterocycles. The molecule has 0 amide bonds. The molecular weight excluding hydrogens is 388 g/mol. The number of nitriles is 1. The second-order valence-electron chi connectivity index (χ2n) is 5.45. The minimum Gasteiger partial charge on any atom is -0.465 e. The number of methoxy groups -OCH3 is 1. The number of benzene rings is 1. The van der Waals surface area contributed by atoms with Crippen LogP contribution in [-0.4, -0.2) is 31.3 Å². The molecule has 0 saturated carbocycles. The second-order valence-corrected chi connectivity index (χ2v) is 8.02. The molecule has 0 aliphatic rings. The van der Waals surface area contributed by atoms with Gasteiger partial charge in [-0.05, 0) is 29.1 Å². The molecule has 0 spiro atoms. The van der Waals surface area contributed by atoms with Crippen molar-refractivity contribution in [2.45, 2.75) is 11.4 Å². The molecule has 0 aliphatic carbocycles. The zero-order valence-corrected chi connectivity index (χ0v) is 15.8. The van der Waals surface area contributed by atoms with Crippen LogP contribution in [0.2, 0.25) is 0 Å². The van der Waals surface area contributed by atoms with Crippen molar-refractivity contribution >= 4 is 33.0 Å². The first-order chi connectivity index (χ1) is 12.9. The van der Waals surface area contributed by atoms with Gasteiger partial charge in [0.05, 0.1) is 37.2 Å². The van der Waals surface area contributed by atoms with E-state index >= 15 is 0 Å². The Hall–Kier alpha value is -3.16. The van der Waals surface area contributed by atoms with Gasteiger partial charge in [0.1, 0.15) is 9.77 Å². The van der Waals surface area contributed by atoms with Gasteiger partial charge in [0.25, 0.3) is 10.0 Å². The summed E-state index contributed by atoms with van der Waals surface area (Å²) >= 11 is 0.989. The largest absolute Gasteiger partial charge is 0.465 e. The van der Waals surface area contributed by atoms with Gasteiger partial charge in [0.15, 0.2) is 0 Å². The van der Waals surface area contributed by atoms with Crippen molar-refractivity contribution in [1.82, 2.24) is 9.78 Å². The lowest BCUT2D eigenvalue weighted by atomic mass is 10.1. The van der Waals surface area contributed by atoms with Crippen LogP contribution in [0.4, 0.5) is 5.69 Å². The average molecular weight is 402 g/mol. The summed E-state index contributed by atoms with van der Waals surface area (Å²) in [5.41, 5.74) is 1.65. The van der Waals surface area contributed by atoms with Crippen molar-refractivity contribution < 1.29 is 17.9 Å². The molecule has 0 saturated heterocycles. The molecule has 0 unspecified atom stereocenters. The topological polar surface area (TPSA) is 114 Å². The summed E-state index contributed by atoms with van der Waals surface area (Å²) in [5, 5.41) is 14.6. The Morgan fingerprint density at radius 1 is 1.41 bits per heavy atom. The third kappa shape index (κ3) is 4.16. The third-order valence-electron chi connectivity index (χ3n) is 3.58. The molecule has 1 N–H and O–H groups in total. The van der Waals surface area contributed by atoms with Gasteiger partial charge < -0.3 is 4.74 Å². The van der Waals surface area contributed by atoms with Crippen LogP contribution in [0, 0.1) is 11.3 Å². The molecule has 2 heterocycles. The molecular formula is C17H14N4O4S2. The molecule has 3 aromatic rings. The first-order valence-electron chi connectivity index (χ1n) is 7.63. The van der Waals surface area contributed by atoms with Crippen LogP contribution in [0.5, 0.6) is 0 Å². The summed E-state index contributed by atoms with van der Waals surface area (Å²) in [7, 11) is -2.77. The number of carbonyl (C=O) groups is 1. The van der Waals surface area contributed by atoms with E-state index in [2.05, 4.69) is 20.6 Å². The van der Waals surface area contributed by atoms with Crippen molar-refractivity contribution in [3.05, 3.63) is 64.1 Å². The molecule has 27 heavy (non-hydrogen) atoms. The van der Waals surface area contributed by atoms with Gasteiger partial charge >= 0.3 is 5.97 Å². The van der Waals surface area contributed by atoms with E-state index in [1.807, 2.05) is 6.07 Å². The van der Waals surface area contributed by atoms with Crippen molar-refractivity contribution in [3.63, 3.8) is 0 Å². The Kier molecular flexibility index (Phi) is 5.25. The number of aromatic nitrogens is 2. The highest BCUT2D eigenvalue weighted by Crippen LogP contribution is 2.25. The minimum atomic E-state index is -3.96. The van der Waals surface area contributed by atoms with Gasteiger partial charge in [-0.3, -0.25) is 9.40 Å². The molecule has 0 bridgehead atoms. The Morgan fingerprint density at radius 2 is 2.22 bits per heavy atom. The number of esters is 1. The number of hydrogen-bond donors (Lipinski definition) is 1. The molecule has 3 rings (SSSR count). The molecule has 10 heteroatoms. The zero-order valence-electron chi connectivity index (χ0n) is 14.1. The first kappa shape index (κ1) is 18.6. The number of rotatable bonds is 6. The molecule has 138 valence electrons. The maximum atomic E-state index is 12.6. The first-order valence-corrected chi connectivity index (χ1v) is 9.99. The number of nitrogens with one attached hydrogen (secondary N) is 1. The fourth-order valence-electron chi connectivity index (χ4n) is 2.39. The van der Waals surface area contributed by atoms with E-state index in [0.29, 0.717) is 12.1 Å². The summed E-state index contributed by atoms with van der Waals surface area (Å²) in [6.45, 7) is 0.378. The van der Waals surface area contributed by atoms with E-state index in [0.717, 1.165) is 16.9 Å². The summed E-state index contributed by atoms with van der Waals surface area (Å²) in [4.78, 5) is 11.6. The number of anilines is 1. The Labute approximate surface area is 159 Å². The normalized spacial score (nSPS) is 11.0. The number of hydrogen-bond acceptors (Lipinski definition) is 7. The van der Waals surface area contributed by atoms with Crippen molar-refractivity contribution in [1.29, 1.82) is 5.26 Å². The molecule has 0 fully saturated rings. The predicted molar refractivity (Wildman–Crippen MR) is 99.0 cm³/mol. The van der Waals surface area contributed by atoms with Crippen LogP contribution in [0.1, 0.15) is 20.8 Å². The van der Waals surface area contributed by atoms with Gasteiger partial charge in [-0.15, -0.1) is 11.3 Å². The lowest BCUT2D eigenvalue weighted by molar-refractivity contribution is 0.0602. The number of ether oxygens (including phenoxy) is 1. The smallest absolute Gasteiger partial charge is 0.349 e. The Morgan fingerprint density at radius 3 is 2.96 bits per heavy atom. The monoisotopic (exact) mass is 402 g/mol. The summed E-state index contributed by atoms with van der Waals surface area (Å²) in [5.74, 6) is -0.710. The standard InChI is InChI=1S/C17H14N4O4S2/c1-25-17(22)16-15(5-6-26-16)27(23,24)20-14-9-19-21(11-14)10-13-4-2-3-12(7-13)8-18/h2-7,9,11,20H,10H2,1H3. The van der Waals surface area contributed by atoms with Gasteiger partial charge in [0, 0.05) is 6.20 Å². The van der Waals surface area contributed by atoms with Gasteiger partial charge in [0.2, 0.25) is 0 Å². The molecule has 1 aromatic carbocycles. The van der Waals surface area contributed by atoms with Crippen molar-refractivity contribution in [3.8, 4) is 6.07 Å². The van der Waals surface area contributed by atoms with Gasteiger partial charge in [-0.25, -0.2) is 13.2 Å². The highest BCUT2D eigenvalue weighted by molar-refractivity contribution is 7.93. The van der Waals surface area contributed by atoms with Crippen LogP contribution in [-0.2, 0) is 21.3 Å².